The van der Waals surface area contributed by atoms with Crippen LogP contribution >= 0.6 is 12.4 Å². The molecule has 0 saturated heterocycles. The fourth-order valence-corrected chi connectivity index (χ4v) is 2.84. The second-order valence-electron chi connectivity index (χ2n) is 6.10. The largest absolute Gasteiger partial charge is 0.350 e. The van der Waals surface area contributed by atoms with Gasteiger partial charge in [-0.05, 0) is 17.0 Å². The lowest BCUT2D eigenvalue weighted by molar-refractivity contribution is -0.127. The Kier molecular flexibility index (Phi) is 9.69. The van der Waals surface area contributed by atoms with Crippen LogP contribution in [0.1, 0.15) is 25.0 Å². The van der Waals surface area contributed by atoms with Crippen LogP contribution in [0.25, 0.3) is 0 Å². The number of hydrogen-bond donors (Lipinski definition) is 3. The topological polar surface area (TPSA) is 118 Å². The maximum atomic E-state index is 11.8. The minimum Gasteiger partial charge on any atom is -0.350 e. The third kappa shape index (κ3) is 8.85. The first-order valence-electron chi connectivity index (χ1n) is 7.64. The van der Waals surface area contributed by atoms with E-state index in [1.807, 2.05) is 13.8 Å². The standard InChI is InChI=1S/C16H25N3O4S.ClH/c1-11(2)15(17)16(21)19-9-14(20)18-8-12-6-4-5-7-13(12)10-24(3,22)23;/h4-7,11,15H,8-10,17H2,1-3H3,(H,18,20)(H,19,21);1H/t15-;/m0./s1. The lowest BCUT2D eigenvalue weighted by Crippen LogP contribution is -2.47. The zero-order chi connectivity index (χ0) is 18.3. The number of nitrogens with one attached hydrogen (secondary N) is 2. The molecule has 142 valence electrons. The normalized spacial score (nSPS) is 12.2. The van der Waals surface area contributed by atoms with E-state index < -0.39 is 15.9 Å². The van der Waals surface area contributed by atoms with Gasteiger partial charge in [-0.2, -0.15) is 0 Å². The molecule has 0 unspecified atom stereocenters. The van der Waals surface area contributed by atoms with Gasteiger partial charge in [0.2, 0.25) is 11.8 Å². The van der Waals surface area contributed by atoms with E-state index in [4.69, 9.17) is 5.73 Å². The molecule has 0 bridgehead atoms. The zero-order valence-electron chi connectivity index (χ0n) is 14.6. The highest BCUT2D eigenvalue weighted by Crippen LogP contribution is 2.11. The summed E-state index contributed by atoms with van der Waals surface area (Å²) in [4.78, 5) is 23.5. The molecule has 0 saturated carbocycles. The summed E-state index contributed by atoms with van der Waals surface area (Å²) in [5.41, 5.74) is 7.06. The minimum absolute atomic E-state index is 0. The van der Waals surface area contributed by atoms with Gasteiger partial charge in [-0.25, -0.2) is 8.42 Å². The third-order valence-corrected chi connectivity index (χ3v) is 4.29. The molecule has 9 heteroatoms. The van der Waals surface area contributed by atoms with Crippen LogP contribution in [-0.4, -0.2) is 39.1 Å². The maximum absolute atomic E-state index is 11.8. The highest BCUT2D eigenvalue weighted by atomic mass is 35.5. The van der Waals surface area contributed by atoms with Gasteiger partial charge in [-0.1, -0.05) is 38.1 Å². The van der Waals surface area contributed by atoms with Gasteiger partial charge in [0.25, 0.3) is 0 Å². The first-order chi connectivity index (χ1) is 11.1. The summed E-state index contributed by atoms with van der Waals surface area (Å²) < 4.78 is 22.9. The van der Waals surface area contributed by atoms with Crippen molar-refractivity contribution in [2.24, 2.45) is 11.7 Å². The summed E-state index contributed by atoms with van der Waals surface area (Å²) in [5, 5.41) is 5.14. The maximum Gasteiger partial charge on any atom is 0.239 e. The van der Waals surface area contributed by atoms with Crippen LogP contribution in [0.4, 0.5) is 0 Å². The van der Waals surface area contributed by atoms with Crippen LogP contribution < -0.4 is 16.4 Å². The Morgan fingerprint density at radius 2 is 1.68 bits per heavy atom. The number of carbonyl (C=O) groups excluding carboxylic acids is 2. The molecular weight excluding hydrogens is 366 g/mol. The second kappa shape index (κ2) is 10.4. The van der Waals surface area contributed by atoms with Crippen LogP contribution in [-0.2, 0) is 31.7 Å². The van der Waals surface area contributed by atoms with Crippen molar-refractivity contribution in [1.82, 2.24) is 10.6 Å². The van der Waals surface area contributed by atoms with Crippen LogP contribution in [0.2, 0.25) is 0 Å². The van der Waals surface area contributed by atoms with Crippen molar-refractivity contribution in [1.29, 1.82) is 0 Å². The SMILES string of the molecule is CC(C)[C@H](N)C(=O)NCC(=O)NCc1ccccc1CS(C)(=O)=O.Cl. The molecule has 7 nitrogen and oxygen atoms in total. The molecule has 0 aliphatic heterocycles. The molecule has 0 radical (unpaired) electrons. The van der Waals surface area contributed by atoms with E-state index in [-0.39, 0.29) is 49.0 Å². The van der Waals surface area contributed by atoms with Gasteiger partial charge < -0.3 is 16.4 Å². The van der Waals surface area contributed by atoms with Gasteiger partial charge in [0.1, 0.15) is 0 Å². The third-order valence-electron chi connectivity index (χ3n) is 3.46. The van der Waals surface area contributed by atoms with Gasteiger partial charge in [0, 0.05) is 12.8 Å². The van der Waals surface area contributed by atoms with Crippen LogP contribution in [0.5, 0.6) is 0 Å². The number of hydrogen-bond acceptors (Lipinski definition) is 5. The van der Waals surface area contributed by atoms with Crippen molar-refractivity contribution in [3.63, 3.8) is 0 Å². The van der Waals surface area contributed by atoms with Crippen molar-refractivity contribution in [2.45, 2.75) is 32.2 Å². The number of halogens is 1. The van der Waals surface area contributed by atoms with Crippen molar-refractivity contribution in [2.75, 3.05) is 12.8 Å². The molecule has 0 heterocycles. The molecule has 25 heavy (non-hydrogen) atoms. The molecule has 1 rings (SSSR count). The molecule has 1 atom stereocenters. The Bertz CT molecular complexity index is 692. The van der Waals surface area contributed by atoms with Crippen molar-refractivity contribution in [3.05, 3.63) is 35.4 Å². The average Bonchev–Trinajstić information content (AvgIpc) is 2.49. The number of benzene rings is 1. The van der Waals surface area contributed by atoms with Gasteiger partial charge in [0.15, 0.2) is 9.84 Å². The molecule has 0 aromatic heterocycles. The lowest BCUT2D eigenvalue weighted by atomic mass is 10.1. The van der Waals surface area contributed by atoms with Gasteiger partial charge in [-0.3, -0.25) is 9.59 Å². The lowest BCUT2D eigenvalue weighted by Gasteiger charge is -2.15. The molecule has 2 amide bonds. The molecule has 0 aliphatic rings. The Balaban J connectivity index is 0.00000576. The summed E-state index contributed by atoms with van der Waals surface area (Å²) in [7, 11) is -3.16. The summed E-state index contributed by atoms with van der Waals surface area (Å²) in [6.45, 7) is 3.66. The quantitative estimate of drug-likeness (QED) is 0.591. The fourth-order valence-electron chi connectivity index (χ4n) is 2.00. The summed E-state index contributed by atoms with van der Waals surface area (Å²) in [6.07, 6.45) is 1.16. The molecular formula is C16H26ClN3O4S. The van der Waals surface area contributed by atoms with Crippen LogP contribution in [0, 0.1) is 5.92 Å². The summed E-state index contributed by atoms with van der Waals surface area (Å²) in [6, 6.07) is 6.34. The van der Waals surface area contributed by atoms with E-state index in [9.17, 15) is 18.0 Å². The number of nitrogens with two attached hydrogens (primary N) is 1. The molecule has 0 spiro atoms. The second-order valence-corrected chi connectivity index (χ2v) is 8.24. The Morgan fingerprint density at radius 3 is 2.20 bits per heavy atom. The highest BCUT2D eigenvalue weighted by molar-refractivity contribution is 7.89. The average molecular weight is 392 g/mol. The van der Waals surface area contributed by atoms with E-state index >= 15 is 0 Å². The van der Waals surface area contributed by atoms with Crippen molar-refractivity contribution in [3.8, 4) is 0 Å². The van der Waals surface area contributed by atoms with Crippen LogP contribution in [0.3, 0.4) is 0 Å². The number of carbonyl (C=O) groups is 2. The molecule has 1 aromatic rings. The van der Waals surface area contributed by atoms with E-state index in [0.717, 1.165) is 11.8 Å². The molecule has 0 fully saturated rings. The van der Waals surface area contributed by atoms with Crippen molar-refractivity contribution >= 4 is 34.1 Å². The van der Waals surface area contributed by atoms with Gasteiger partial charge in [0.05, 0.1) is 18.3 Å². The Morgan fingerprint density at radius 1 is 1.12 bits per heavy atom. The van der Waals surface area contributed by atoms with Gasteiger partial charge in [-0.15, -0.1) is 12.4 Å². The fraction of sp³-hybridized carbons (Fsp3) is 0.500. The zero-order valence-corrected chi connectivity index (χ0v) is 16.2. The predicted molar refractivity (Wildman–Crippen MR) is 99.9 cm³/mol. The van der Waals surface area contributed by atoms with E-state index in [1.54, 1.807) is 24.3 Å². The van der Waals surface area contributed by atoms with Crippen LogP contribution in [0.15, 0.2) is 24.3 Å². The smallest absolute Gasteiger partial charge is 0.239 e. The number of amides is 2. The monoisotopic (exact) mass is 391 g/mol. The summed E-state index contributed by atoms with van der Waals surface area (Å²) >= 11 is 0. The number of rotatable bonds is 8. The van der Waals surface area contributed by atoms with E-state index in [0.29, 0.717) is 5.56 Å². The first kappa shape index (κ1) is 23.4. The highest BCUT2D eigenvalue weighted by Gasteiger charge is 2.17. The molecule has 1 aromatic carbocycles. The minimum atomic E-state index is -3.16. The molecule has 4 N–H and O–H groups in total. The Hall–Kier alpha value is -1.64. The molecule has 0 aliphatic carbocycles. The Labute approximate surface area is 155 Å². The van der Waals surface area contributed by atoms with Crippen molar-refractivity contribution < 1.29 is 18.0 Å². The predicted octanol–water partition coefficient (Wildman–Crippen LogP) is 0.369. The first-order valence-corrected chi connectivity index (χ1v) is 9.70. The van der Waals surface area contributed by atoms with E-state index in [2.05, 4.69) is 10.6 Å². The summed E-state index contributed by atoms with van der Waals surface area (Å²) in [5.74, 6) is -0.846. The van der Waals surface area contributed by atoms with E-state index in [1.165, 1.54) is 0 Å². The number of sulfone groups is 1. The van der Waals surface area contributed by atoms with Gasteiger partial charge >= 0.3 is 0 Å².